The first kappa shape index (κ1) is 15.8. The smallest absolute Gasteiger partial charge is 0.241 e. The number of hydrogen-bond acceptors (Lipinski definition) is 4. The average Bonchev–Trinajstić information content (AvgIpc) is 2.84. The maximum atomic E-state index is 12.5. The molecule has 0 saturated carbocycles. The van der Waals surface area contributed by atoms with Gasteiger partial charge in [0.1, 0.15) is 0 Å². The fourth-order valence-electron chi connectivity index (χ4n) is 3.25. The first-order valence-corrected chi connectivity index (χ1v) is 9.43. The van der Waals surface area contributed by atoms with Crippen molar-refractivity contribution in [2.24, 2.45) is 11.8 Å². The molecule has 0 aromatic rings. The van der Waals surface area contributed by atoms with E-state index in [1.807, 2.05) is 4.90 Å². The molecule has 116 valence electrons. The molecule has 0 spiro atoms. The van der Waals surface area contributed by atoms with E-state index < -0.39 is 9.84 Å². The Bertz CT molecular complexity index is 461. The van der Waals surface area contributed by atoms with E-state index in [4.69, 9.17) is 0 Å². The third-order valence-corrected chi connectivity index (χ3v) is 6.12. The van der Waals surface area contributed by atoms with Gasteiger partial charge in [-0.2, -0.15) is 0 Å². The highest BCUT2D eigenvalue weighted by atomic mass is 32.2. The minimum Gasteiger partial charge on any atom is -0.325 e. The third-order valence-electron chi connectivity index (χ3n) is 4.28. The summed E-state index contributed by atoms with van der Waals surface area (Å²) < 4.78 is 23.1. The SMILES string of the molecule is CCCC1NC(C(C)C)N(CC2CCS(=O)(=O)C2)C1=O. The van der Waals surface area contributed by atoms with Gasteiger partial charge in [0.2, 0.25) is 5.91 Å². The van der Waals surface area contributed by atoms with Crippen LogP contribution in [-0.2, 0) is 14.6 Å². The summed E-state index contributed by atoms with van der Waals surface area (Å²) in [7, 11) is -2.87. The summed E-state index contributed by atoms with van der Waals surface area (Å²) >= 11 is 0. The lowest BCUT2D eigenvalue weighted by Crippen LogP contribution is -2.44. The Morgan fingerprint density at radius 1 is 1.40 bits per heavy atom. The number of carbonyl (C=O) groups excluding carboxylic acids is 1. The number of carbonyl (C=O) groups is 1. The van der Waals surface area contributed by atoms with Crippen LogP contribution in [0.4, 0.5) is 0 Å². The maximum Gasteiger partial charge on any atom is 0.241 e. The van der Waals surface area contributed by atoms with Crippen molar-refractivity contribution in [2.45, 2.75) is 52.2 Å². The van der Waals surface area contributed by atoms with Crippen molar-refractivity contribution in [1.82, 2.24) is 10.2 Å². The van der Waals surface area contributed by atoms with Gasteiger partial charge in [-0.15, -0.1) is 0 Å². The van der Waals surface area contributed by atoms with Crippen molar-refractivity contribution in [3.05, 3.63) is 0 Å². The summed E-state index contributed by atoms with van der Waals surface area (Å²) in [5, 5.41) is 3.41. The summed E-state index contributed by atoms with van der Waals surface area (Å²) in [4.78, 5) is 14.4. The summed E-state index contributed by atoms with van der Waals surface area (Å²) in [6.45, 7) is 6.84. The molecule has 2 heterocycles. The number of amides is 1. The molecule has 1 N–H and O–H groups in total. The molecule has 20 heavy (non-hydrogen) atoms. The van der Waals surface area contributed by atoms with Gasteiger partial charge < -0.3 is 4.90 Å². The van der Waals surface area contributed by atoms with E-state index in [0.717, 1.165) is 12.8 Å². The third kappa shape index (κ3) is 3.34. The summed E-state index contributed by atoms with van der Waals surface area (Å²) in [5.74, 6) is 1.10. The minimum absolute atomic E-state index is 0.0438. The van der Waals surface area contributed by atoms with E-state index in [-0.39, 0.29) is 35.5 Å². The van der Waals surface area contributed by atoms with Crippen molar-refractivity contribution < 1.29 is 13.2 Å². The average molecular weight is 302 g/mol. The Morgan fingerprint density at radius 3 is 2.60 bits per heavy atom. The summed E-state index contributed by atoms with van der Waals surface area (Å²) in [6.07, 6.45) is 2.55. The normalized spacial score (nSPS) is 33.3. The second-order valence-corrected chi connectivity index (χ2v) is 8.69. The molecule has 2 saturated heterocycles. The van der Waals surface area contributed by atoms with Crippen molar-refractivity contribution >= 4 is 15.7 Å². The standard InChI is InChI=1S/C14H26N2O3S/c1-4-5-12-14(17)16(13(15-12)10(2)3)8-11-6-7-20(18,19)9-11/h10-13,15H,4-9H2,1-3H3. The predicted molar refractivity (Wildman–Crippen MR) is 78.9 cm³/mol. The summed E-state index contributed by atoms with van der Waals surface area (Å²) in [5.41, 5.74) is 0. The summed E-state index contributed by atoms with van der Waals surface area (Å²) in [6, 6.07) is -0.0922. The van der Waals surface area contributed by atoms with Crippen LogP contribution in [0, 0.1) is 11.8 Å². The van der Waals surface area contributed by atoms with Gasteiger partial charge in [0.25, 0.3) is 0 Å². The van der Waals surface area contributed by atoms with Gasteiger partial charge in [-0.3, -0.25) is 10.1 Å². The Kier molecular flexibility index (Phi) is 4.74. The maximum absolute atomic E-state index is 12.5. The van der Waals surface area contributed by atoms with E-state index in [2.05, 4.69) is 26.1 Å². The van der Waals surface area contributed by atoms with E-state index in [0.29, 0.717) is 18.9 Å². The topological polar surface area (TPSA) is 66.5 Å². The molecule has 2 fully saturated rings. The van der Waals surface area contributed by atoms with Crippen LogP contribution < -0.4 is 5.32 Å². The number of hydrogen-bond donors (Lipinski definition) is 1. The fraction of sp³-hybridized carbons (Fsp3) is 0.929. The van der Waals surface area contributed by atoms with Gasteiger partial charge in [0.05, 0.1) is 23.7 Å². The second-order valence-electron chi connectivity index (χ2n) is 6.46. The lowest BCUT2D eigenvalue weighted by molar-refractivity contribution is -0.131. The number of rotatable bonds is 5. The van der Waals surface area contributed by atoms with Crippen LogP contribution in [0.2, 0.25) is 0 Å². The molecule has 6 heteroatoms. The van der Waals surface area contributed by atoms with Crippen molar-refractivity contribution in [1.29, 1.82) is 0 Å². The van der Waals surface area contributed by atoms with Gasteiger partial charge in [0, 0.05) is 6.54 Å². The molecule has 0 bridgehead atoms. The molecule has 0 radical (unpaired) electrons. The Labute approximate surface area is 122 Å². The Morgan fingerprint density at radius 2 is 2.10 bits per heavy atom. The van der Waals surface area contributed by atoms with Crippen LogP contribution >= 0.6 is 0 Å². The van der Waals surface area contributed by atoms with Gasteiger partial charge in [-0.25, -0.2) is 8.42 Å². The Hall–Kier alpha value is -0.620. The molecule has 0 aliphatic carbocycles. The monoisotopic (exact) mass is 302 g/mol. The number of sulfone groups is 1. The van der Waals surface area contributed by atoms with Gasteiger partial charge in [-0.05, 0) is 24.7 Å². The highest BCUT2D eigenvalue weighted by molar-refractivity contribution is 7.91. The molecule has 2 aliphatic rings. The van der Waals surface area contributed by atoms with Crippen LogP contribution in [0.15, 0.2) is 0 Å². The van der Waals surface area contributed by atoms with E-state index in [1.54, 1.807) is 0 Å². The molecular formula is C14H26N2O3S. The van der Waals surface area contributed by atoms with Crippen LogP contribution in [0.3, 0.4) is 0 Å². The molecule has 0 aromatic heterocycles. The lowest BCUT2D eigenvalue weighted by atomic mass is 10.1. The fourth-order valence-corrected chi connectivity index (χ4v) is 5.10. The van der Waals surface area contributed by atoms with Crippen LogP contribution in [0.1, 0.15) is 40.0 Å². The van der Waals surface area contributed by atoms with Crippen molar-refractivity contribution in [3.8, 4) is 0 Å². The van der Waals surface area contributed by atoms with Crippen molar-refractivity contribution in [3.63, 3.8) is 0 Å². The second kappa shape index (κ2) is 6.02. The van der Waals surface area contributed by atoms with Gasteiger partial charge in [-0.1, -0.05) is 27.2 Å². The number of nitrogens with one attached hydrogen (secondary N) is 1. The minimum atomic E-state index is -2.87. The van der Waals surface area contributed by atoms with Crippen LogP contribution in [0.25, 0.3) is 0 Å². The van der Waals surface area contributed by atoms with E-state index >= 15 is 0 Å². The van der Waals surface area contributed by atoms with Crippen molar-refractivity contribution in [2.75, 3.05) is 18.1 Å². The van der Waals surface area contributed by atoms with Gasteiger partial charge >= 0.3 is 0 Å². The first-order valence-electron chi connectivity index (χ1n) is 7.61. The Balaban J connectivity index is 2.05. The zero-order chi connectivity index (χ0) is 14.9. The van der Waals surface area contributed by atoms with Crippen LogP contribution in [-0.4, -0.2) is 49.5 Å². The molecular weight excluding hydrogens is 276 g/mol. The quantitative estimate of drug-likeness (QED) is 0.823. The molecule has 2 rings (SSSR count). The molecule has 1 amide bonds. The highest BCUT2D eigenvalue weighted by Gasteiger charge is 2.41. The molecule has 0 aromatic carbocycles. The zero-order valence-corrected chi connectivity index (χ0v) is 13.4. The van der Waals surface area contributed by atoms with Gasteiger partial charge in [0.15, 0.2) is 9.84 Å². The predicted octanol–water partition coefficient (Wildman–Crippen LogP) is 1.00. The molecule has 3 atom stereocenters. The highest BCUT2D eigenvalue weighted by Crippen LogP contribution is 2.25. The largest absolute Gasteiger partial charge is 0.325 e. The molecule has 2 aliphatic heterocycles. The number of nitrogens with zero attached hydrogens (tertiary/aromatic N) is 1. The van der Waals surface area contributed by atoms with E-state index in [9.17, 15) is 13.2 Å². The van der Waals surface area contributed by atoms with E-state index in [1.165, 1.54) is 0 Å². The zero-order valence-electron chi connectivity index (χ0n) is 12.6. The molecule has 3 unspecified atom stereocenters. The lowest BCUT2D eigenvalue weighted by Gasteiger charge is -2.29. The first-order chi connectivity index (χ1) is 9.34. The molecule has 5 nitrogen and oxygen atoms in total. The van der Waals surface area contributed by atoms with Crippen LogP contribution in [0.5, 0.6) is 0 Å².